The molecule has 2 rings (SSSR count). The predicted octanol–water partition coefficient (Wildman–Crippen LogP) is 5.78. The molecule has 0 spiro atoms. The average Bonchev–Trinajstić information content (AvgIpc) is 2.44. The van der Waals surface area contributed by atoms with Crippen molar-refractivity contribution >= 4 is 6.08 Å². The molecule has 0 nitrogen and oxygen atoms in total. The summed E-state index contributed by atoms with van der Waals surface area (Å²) in [5.41, 5.74) is -0.869. The second kappa shape index (κ2) is 6.02. The van der Waals surface area contributed by atoms with Gasteiger partial charge in [0.05, 0.1) is 5.56 Å². The lowest BCUT2D eigenvalue weighted by atomic mass is 9.93. The van der Waals surface area contributed by atoms with Crippen LogP contribution in [0.4, 0.5) is 26.3 Å². The van der Waals surface area contributed by atoms with Crippen molar-refractivity contribution in [2.75, 3.05) is 0 Å². The van der Waals surface area contributed by atoms with E-state index in [9.17, 15) is 26.3 Å². The van der Waals surface area contributed by atoms with Crippen LogP contribution in [0.25, 0.3) is 6.08 Å². The van der Waals surface area contributed by atoms with E-state index in [0.29, 0.717) is 5.56 Å². The lowest BCUT2D eigenvalue weighted by molar-refractivity contribution is -0.137. The Balaban J connectivity index is 2.04. The zero-order valence-electron chi connectivity index (χ0n) is 11.2. The van der Waals surface area contributed by atoms with E-state index in [2.05, 4.69) is 0 Å². The highest BCUT2D eigenvalue weighted by Crippen LogP contribution is 2.34. The molecule has 1 unspecified atom stereocenters. The van der Waals surface area contributed by atoms with Crippen LogP contribution >= 0.6 is 0 Å². The van der Waals surface area contributed by atoms with E-state index >= 15 is 0 Å². The molecule has 1 aromatic rings. The van der Waals surface area contributed by atoms with Gasteiger partial charge >= 0.3 is 12.4 Å². The Hall–Kier alpha value is -1.98. The Bertz CT molecular complexity index is 599. The molecule has 0 saturated heterocycles. The summed E-state index contributed by atoms with van der Waals surface area (Å²) in [7, 11) is 0. The number of hydrogen-bond donors (Lipinski definition) is 0. The van der Waals surface area contributed by atoms with Crippen molar-refractivity contribution < 1.29 is 26.3 Å². The van der Waals surface area contributed by atoms with Crippen LogP contribution in [0.3, 0.4) is 0 Å². The third-order valence-corrected chi connectivity index (χ3v) is 3.25. The van der Waals surface area contributed by atoms with Crippen LogP contribution in [0.2, 0.25) is 0 Å². The molecule has 1 aliphatic carbocycles. The van der Waals surface area contributed by atoms with Crippen LogP contribution < -0.4 is 0 Å². The van der Waals surface area contributed by atoms with E-state index in [4.69, 9.17) is 0 Å². The Morgan fingerprint density at radius 3 is 2.09 bits per heavy atom. The summed E-state index contributed by atoms with van der Waals surface area (Å²) in [5, 5.41) is 0. The molecule has 1 atom stereocenters. The van der Waals surface area contributed by atoms with Gasteiger partial charge in [-0.15, -0.1) is 0 Å². The number of rotatable bonds is 2. The summed E-state index contributed by atoms with van der Waals surface area (Å²) in [5.74, 6) is -0.427. The van der Waals surface area contributed by atoms with Crippen LogP contribution in [-0.2, 0) is 6.18 Å². The molecule has 6 heteroatoms. The van der Waals surface area contributed by atoms with Gasteiger partial charge < -0.3 is 0 Å². The largest absolute Gasteiger partial charge is 0.416 e. The summed E-state index contributed by atoms with van der Waals surface area (Å²) < 4.78 is 75.0. The zero-order chi connectivity index (χ0) is 16.4. The van der Waals surface area contributed by atoms with Crippen molar-refractivity contribution in [2.45, 2.75) is 18.8 Å². The van der Waals surface area contributed by atoms with Gasteiger partial charge in [0, 0.05) is 5.57 Å². The first kappa shape index (κ1) is 16.4. The Morgan fingerprint density at radius 2 is 1.55 bits per heavy atom. The van der Waals surface area contributed by atoms with Crippen molar-refractivity contribution in [3.63, 3.8) is 0 Å². The molecule has 0 aliphatic heterocycles. The van der Waals surface area contributed by atoms with Gasteiger partial charge in [0.2, 0.25) is 0 Å². The van der Waals surface area contributed by atoms with E-state index in [-0.39, 0.29) is 6.42 Å². The van der Waals surface area contributed by atoms with Crippen molar-refractivity contribution in [3.05, 3.63) is 65.3 Å². The van der Waals surface area contributed by atoms with Crippen LogP contribution in [0.15, 0.2) is 54.1 Å². The van der Waals surface area contributed by atoms with E-state index < -0.39 is 29.4 Å². The monoisotopic (exact) mass is 318 g/mol. The third-order valence-electron chi connectivity index (χ3n) is 3.25. The van der Waals surface area contributed by atoms with E-state index in [1.54, 1.807) is 12.2 Å². The van der Waals surface area contributed by atoms with Gasteiger partial charge in [0.1, 0.15) is 0 Å². The van der Waals surface area contributed by atoms with Gasteiger partial charge in [-0.1, -0.05) is 42.5 Å². The fourth-order valence-corrected chi connectivity index (χ4v) is 2.06. The summed E-state index contributed by atoms with van der Waals surface area (Å²) in [4.78, 5) is 0. The zero-order valence-corrected chi connectivity index (χ0v) is 11.2. The van der Waals surface area contributed by atoms with Crippen LogP contribution in [-0.4, -0.2) is 6.18 Å². The molecule has 0 aromatic heterocycles. The molecule has 22 heavy (non-hydrogen) atoms. The van der Waals surface area contributed by atoms with Crippen LogP contribution in [0.5, 0.6) is 0 Å². The summed E-state index contributed by atoms with van der Waals surface area (Å²) in [6, 6.07) is 4.45. The predicted molar refractivity (Wildman–Crippen MR) is 71.9 cm³/mol. The minimum Gasteiger partial charge on any atom is -0.166 e. The third kappa shape index (κ3) is 4.26. The van der Waals surface area contributed by atoms with Crippen molar-refractivity contribution in [1.82, 2.24) is 0 Å². The molecule has 0 radical (unpaired) electrons. The Morgan fingerprint density at radius 1 is 0.909 bits per heavy atom. The maximum atomic E-state index is 12.6. The maximum absolute atomic E-state index is 12.6. The quantitative estimate of drug-likeness (QED) is 0.606. The first-order valence-electron chi connectivity index (χ1n) is 6.46. The second-order valence-corrected chi connectivity index (χ2v) is 4.92. The molecule has 0 saturated carbocycles. The van der Waals surface area contributed by atoms with Crippen molar-refractivity contribution in [3.8, 4) is 0 Å². The molecular weight excluding hydrogens is 306 g/mol. The Kier molecular flexibility index (Phi) is 4.49. The Labute approximate surface area is 123 Å². The van der Waals surface area contributed by atoms with Gasteiger partial charge in [0.15, 0.2) is 0 Å². The normalized spacial score (nSPS) is 19.5. The topological polar surface area (TPSA) is 0 Å². The lowest BCUT2D eigenvalue weighted by Gasteiger charge is -2.17. The van der Waals surface area contributed by atoms with Gasteiger partial charge in [-0.2, -0.15) is 26.3 Å². The lowest BCUT2D eigenvalue weighted by Crippen LogP contribution is -2.15. The fraction of sp³-hybridized carbons (Fsp3) is 0.250. The number of halogens is 6. The van der Waals surface area contributed by atoms with Crippen LogP contribution in [0.1, 0.15) is 17.5 Å². The molecule has 0 amide bonds. The molecule has 1 aromatic carbocycles. The summed E-state index contributed by atoms with van der Waals surface area (Å²) in [6.45, 7) is 0. The number of hydrogen-bond acceptors (Lipinski definition) is 0. The highest BCUT2D eigenvalue weighted by molar-refractivity contribution is 5.51. The molecule has 0 fully saturated rings. The molecule has 0 N–H and O–H groups in total. The SMILES string of the molecule is FC(F)(F)C1=CC=CC(C=Cc2ccc(C(F)(F)F)cc2)C1. The molecule has 1 aliphatic rings. The molecule has 0 heterocycles. The number of allylic oxidation sites excluding steroid dienone is 5. The van der Waals surface area contributed by atoms with E-state index in [1.807, 2.05) is 0 Å². The highest BCUT2D eigenvalue weighted by Gasteiger charge is 2.34. The fourth-order valence-electron chi connectivity index (χ4n) is 2.06. The van der Waals surface area contributed by atoms with Gasteiger partial charge in [0.25, 0.3) is 0 Å². The summed E-state index contributed by atoms with van der Waals surface area (Å²) in [6.07, 6.45) is -1.86. The van der Waals surface area contributed by atoms with E-state index in [0.717, 1.165) is 18.2 Å². The number of benzene rings is 1. The first-order chi connectivity index (χ1) is 10.2. The first-order valence-corrected chi connectivity index (χ1v) is 6.46. The average molecular weight is 318 g/mol. The summed E-state index contributed by atoms with van der Waals surface area (Å²) >= 11 is 0. The minimum atomic E-state index is -4.40. The van der Waals surface area contributed by atoms with E-state index in [1.165, 1.54) is 24.3 Å². The van der Waals surface area contributed by atoms with Crippen molar-refractivity contribution in [2.24, 2.45) is 5.92 Å². The standard InChI is InChI=1S/C16H12F6/c17-15(18,19)13-8-6-11(7-9-13)4-5-12-2-1-3-14(10-12)16(20,21)22/h1-9,12H,10H2. The molecule has 118 valence electrons. The van der Waals surface area contributed by atoms with Gasteiger partial charge in [-0.25, -0.2) is 0 Å². The highest BCUT2D eigenvalue weighted by atomic mass is 19.4. The smallest absolute Gasteiger partial charge is 0.166 e. The number of alkyl halides is 6. The van der Waals surface area contributed by atoms with Gasteiger partial charge in [-0.05, 0) is 30.0 Å². The molecule has 0 bridgehead atoms. The minimum absolute atomic E-state index is 0.170. The van der Waals surface area contributed by atoms with Gasteiger partial charge in [-0.3, -0.25) is 0 Å². The van der Waals surface area contributed by atoms with Crippen molar-refractivity contribution in [1.29, 1.82) is 0 Å². The maximum Gasteiger partial charge on any atom is 0.416 e. The van der Waals surface area contributed by atoms with Crippen LogP contribution in [0, 0.1) is 5.92 Å². The molecular formula is C16H12F6. The second-order valence-electron chi connectivity index (χ2n) is 4.92.